The molecule has 6 heterocycles. The number of hydrogen-bond donors (Lipinski definition) is 2. The topological polar surface area (TPSA) is 134 Å². The maximum absolute atomic E-state index is 15.3. The van der Waals surface area contributed by atoms with Crippen molar-refractivity contribution in [3.05, 3.63) is 82.6 Å². The van der Waals surface area contributed by atoms with Gasteiger partial charge in [0.05, 0.1) is 27.4 Å². The number of hydrogen-bond acceptors (Lipinski definition) is 11. The predicted molar refractivity (Wildman–Crippen MR) is 219 cm³/mol. The van der Waals surface area contributed by atoms with E-state index >= 15 is 4.79 Å². The maximum Gasteiger partial charge on any atom is 0.344 e. The molecule has 0 radical (unpaired) electrons. The van der Waals surface area contributed by atoms with Gasteiger partial charge in [-0.2, -0.15) is 0 Å². The summed E-state index contributed by atoms with van der Waals surface area (Å²) >= 11 is 0. The van der Waals surface area contributed by atoms with Gasteiger partial charge in [0, 0.05) is 90.9 Å². The average Bonchev–Trinajstić information content (AvgIpc) is 3.89. The number of nitrogens with one attached hydrogen (secondary N) is 1. The van der Waals surface area contributed by atoms with Crippen LogP contribution in [0.15, 0.2) is 60.2 Å². The summed E-state index contributed by atoms with van der Waals surface area (Å²) in [6, 6.07) is 11.2. The molecule has 2 N–H and O–H groups in total. The molecule has 2 aromatic carbocycles. The first-order chi connectivity index (χ1) is 27.9. The zero-order valence-electron chi connectivity index (χ0n) is 34.7. The quantitative estimate of drug-likeness (QED) is 0.203. The van der Waals surface area contributed by atoms with E-state index in [4.69, 9.17) is 18.9 Å². The van der Waals surface area contributed by atoms with Gasteiger partial charge >= 0.3 is 17.9 Å². The molecule has 9 atom stereocenters. The number of aromatic amines is 1. The van der Waals surface area contributed by atoms with Gasteiger partial charge in [-0.05, 0) is 74.8 Å². The molecule has 2 saturated heterocycles. The molecule has 1 aliphatic carbocycles. The first kappa shape index (κ1) is 38.8. The van der Waals surface area contributed by atoms with Crippen molar-refractivity contribution in [1.82, 2.24) is 14.8 Å². The lowest BCUT2D eigenvalue weighted by molar-refractivity contribution is -0.228. The minimum absolute atomic E-state index is 0.115. The number of allylic oxidation sites excluding steroid dienone is 1. The van der Waals surface area contributed by atoms with E-state index in [1.165, 1.54) is 26.7 Å². The molecular formula is C46H56N4O8. The Morgan fingerprint density at radius 2 is 1.81 bits per heavy atom. The lowest BCUT2D eigenvalue weighted by atomic mass is 9.47. The van der Waals surface area contributed by atoms with Gasteiger partial charge in [-0.15, -0.1) is 0 Å². The van der Waals surface area contributed by atoms with Gasteiger partial charge in [0.15, 0.2) is 6.10 Å². The number of likely N-dealkylation sites (N-methyl/N-ethyl adjacent to an activating group) is 1. The summed E-state index contributed by atoms with van der Waals surface area (Å²) in [6.07, 6.45) is 8.25. The highest BCUT2D eigenvalue weighted by molar-refractivity contribution is 5.95. The standard InChI is InChI=1S/C46H56N4O8/c1-8-28-21-29-24-45(41(52)56-6,37-31(15-19-49(25-28)26-29)30-13-10-11-14-34(30)47-37)33-22-32-35(23-36(33)55-5)48(4)39-44(32)17-20-50-18-12-16-43(9-2,38(44)50)40(58-27(3)51)46(39,54)42(53)57-7/h8,10-14,16,22-23,29,38-40,47,54H,9,15,17-21,24-26H2,1-7H3/b28-8-/t29-,38+,39-,40-,43-,44-,45+,46+/m1/s1. The van der Waals surface area contributed by atoms with Gasteiger partial charge in [0.2, 0.25) is 5.60 Å². The summed E-state index contributed by atoms with van der Waals surface area (Å²) in [4.78, 5) is 53.4. The normalized spacial score (nSPS) is 35.6. The highest BCUT2D eigenvalue weighted by Crippen LogP contribution is 2.68. The number of piperidine rings is 1. The third-order valence-corrected chi connectivity index (χ3v) is 15.1. The van der Waals surface area contributed by atoms with Crippen molar-refractivity contribution >= 4 is 34.5 Å². The summed E-state index contributed by atoms with van der Waals surface area (Å²) in [5, 5.41) is 14.4. The number of benzene rings is 2. The molecule has 6 aliphatic rings. The van der Waals surface area contributed by atoms with E-state index in [-0.39, 0.29) is 17.9 Å². The number of para-hydroxylation sites is 1. The van der Waals surface area contributed by atoms with Crippen LogP contribution in [0.3, 0.4) is 0 Å². The largest absolute Gasteiger partial charge is 0.496 e. The summed E-state index contributed by atoms with van der Waals surface area (Å²) in [7, 11) is 6.25. The van der Waals surface area contributed by atoms with Crippen molar-refractivity contribution in [3.8, 4) is 5.75 Å². The van der Waals surface area contributed by atoms with Crippen molar-refractivity contribution in [2.75, 3.05) is 66.0 Å². The molecule has 58 heavy (non-hydrogen) atoms. The fraction of sp³-hybridized carbons (Fsp3) is 0.543. The SMILES string of the molecule is C/C=C1/C[C@H]2CN(CCc3c([nH]c4ccccc34)[C@@](C(=O)OC)(c3cc4c(cc3OC)N(C)[C@H]3[C@@](O)(C(=O)OC)[C@H](OC(C)=O)[C@]5(CC)C=CCN6CC[C@]43[C@@H]65)C2)C1. The molecular weight excluding hydrogens is 737 g/mol. The second-order valence-electron chi connectivity index (χ2n) is 17.6. The van der Waals surface area contributed by atoms with Crippen LogP contribution in [0.5, 0.6) is 5.75 Å². The third-order valence-electron chi connectivity index (χ3n) is 15.1. The second kappa shape index (κ2) is 13.7. The van der Waals surface area contributed by atoms with Gasteiger partial charge in [0.25, 0.3) is 0 Å². The number of fused-ring (bicyclic) bond motifs is 6. The van der Waals surface area contributed by atoms with Gasteiger partial charge in [-0.1, -0.05) is 48.9 Å². The second-order valence-corrected chi connectivity index (χ2v) is 17.6. The van der Waals surface area contributed by atoms with Crippen molar-refractivity contribution in [1.29, 1.82) is 0 Å². The number of methoxy groups -OCH3 is 3. The molecule has 12 nitrogen and oxygen atoms in total. The Morgan fingerprint density at radius 1 is 1.03 bits per heavy atom. The molecule has 308 valence electrons. The molecule has 3 aromatic rings. The van der Waals surface area contributed by atoms with Crippen molar-refractivity contribution < 1.29 is 38.4 Å². The number of nitrogens with zero attached hydrogens (tertiary/aromatic N) is 3. The number of carbonyl (C=O) groups excluding carboxylic acids is 3. The Morgan fingerprint density at radius 3 is 2.52 bits per heavy atom. The monoisotopic (exact) mass is 792 g/mol. The highest BCUT2D eigenvalue weighted by Gasteiger charge is 2.80. The number of ether oxygens (including phenoxy) is 4. The van der Waals surface area contributed by atoms with Crippen LogP contribution in [0.1, 0.15) is 68.8 Å². The number of anilines is 1. The van der Waals surface area contributed by atoms with E-state index in [1.807, 2.05) is 37.1 Å². The van der Waals surface area contributed by atoms with E-state index in [0.717, 1.165) is 65.9 Å². The van der Waals surface area contributed by atoms with Gasteiger partial charge in [0.1, 0.15) is 11.2 Å². The first-order valence-electron chi connectivity index (χ1n) is 20.8. The minimum Gasteiger partial charge on any atom is -0.496 e. The number of carbonyl (C=O) groups is 3. The fourth-order valence-corrected chi connectivity index (χ4v) is 13.2. The number of aromatic nitrogens is 1. The Hall–Kier alpha value is -4.65. The number of H-pyrrole nitrogens is 1. The zero-order valence-corrected chi connectivity index (χ0v) is 34.7. The summed E-state index contributed by atoms with van der Waals surface area (Å²) in [5.41, 5.74) is 1.16. The average molecular weight is 793 g/mol. The zero-order chi connectivity index (χ0) is 40.9. The molecule has 3 fully saturated rings. The number of rotatable bonds is 6. The summed E-state index contributed by atoms with van der Waals surface area (Å²) < 4.78 is 24.0. The summed E-state index contributed by atoms with van der Waals surface area (Å²) in [6.45, 7) is 9.38. The highest BCUT2D eigenvalue weighted by atomic mass is 16.6. The van der Waals surface area contributed by atoms with Gasteiger partial charge < -0.3 is 33.9 Å². The van der Waals surface area contributed by atoms with Crippen molar-refractivity contribution in [2.24, 2.45) is 11.3 Å². The third kappa shape index (κ3) is 4.94. The van der Waals surface area contributed by atoms with Crippen LogP contribution in [-0.2, 0) is 45.8 Å². The van der Waals surface area contributed by atoms with E-state index in [1.54, 1.807) is 7.11 Å². The predicted octanol–water partition coefficient (Wildman–Crippen LogP) is 4.80. The molecule has 1 aromatic heterocycles. The maximum atomic E-state index is 15.3. The Balaban J connectivity index is 1.37. The van der Waals surface area contributed by atoms with Crippen LogP contribution in [0.25, 0.3) is 10.9 Å². The smallest absolute Gasteiger partial charge is 0.344 e. The Bertz CT molecular complexity index is 2270. The molecule has 0 amide bonds. The van der Waals surface area contributed by atoms with Crippen LogP contribution in [0, 0.1) is 11.3 Å². The molecule has 1 spiro atoms. The molecule has 2 bridgehead atoms. The number of esters is 3. The van der Waals surface area contributed by atoms with Crippen LogP contribution < -0.4 is 9.64 Å². The molecule has 1 unspecified atom stereocenters. The molecule has 5 aliphatic heterocycles. The van der Waals surface area contributed by atoms with Gasteiger partial charge in [-0.25, -0.2) is 4.79 Å². The Labute approximate surface area is 340 Å². The number of aliphatic hydroxyl groups is 1. The molecule has 1 saturated carbocycles. The lowest BCUT2D eigenvalue weighted by Crippen LogP contribution is -2.81. The van der Waals surface area contributed by atoms with Crippen LogP contribution in [0.4, 0.5) is 5.69 Å². The lowest BCUT2D eigenvalue weighted by Gasteiger charge is -2.63. The van der Waals surface area contributed by atoms with Crippen LogP contribution in [-0.4, -0.2) is 123 Å². The minimum atomic E-state index is -2.28. The van der Waals surface area contributed by atoms with Crippen LogP contribution in [0.2, 0.25) is 0 Å². The van der Waals surface area contributed by atoms with E-state index in [0.29, 0.717) is 43.7 Å². The van der Waals surface area contributed by atoms with E-state index in [9.17, 15) is 14.7 Å². The first-order valence-corrected chi connectivity index (χ1v) is 20.8. The molecule has 12 heteroatoms. The molecule has 9 rings (SSSR count). The summed E-state index contributed by atoms with van der Waals surface area (Å²) in [5.74, 6) is -1.20. The van der Waals surface area contributed by atoms with Crippen LogP contribution >= 0.6 is 0 Å². The van der Waals surface area contributed by atoms with E-state index in [2.05, 4.69) is 58.1 Å². The fourth-order valence-electron chi connectivity index (χ4n) is 13.2. The Kier molecular flexibility index (Phi) is 9.18. The van der Waals surface area contributed by atoms with Crippen molar-refractivity contribution in [2.45, 2.75) is 87.5 Å². The van der Waals surface area contributed by atoms with Crippen molar-refractivity contribution in [3.63, 3.8) is 0 Å². The van der Waals surface area contributed by atoms with E-state index < -0.39 is 45.9 Å². The van der Waals surface area contributed by atoms with Gasteiger partial charge in [-0.3, -0.25) is 19.4 Å².